The van der Waals surface area contributed by atoms with E-state index in [0.29, 0.717) is 0 Å². The summed E-state index contributed by atoms with van der Waals surface area (Å²) in [5.41, 5.74) is 7.57. The molecule has 19 heavy (non-hydrogen) atoms. The van der Waals surface area contributed by atoms with Crippen molar-refractivity contribution in [2.45, 2.75) is 64.2 Å². The minimum atomic E-state index is 0.846. The molecular weight excluding hydrogens is 230 g/mol. The number of nitrogens with two attached hydrogens (primary N) is 1. The summed E-state index contributed by atoms with van der Waals surface area (Å²) >= 11 is 0. The maximum absolute atomic E-state index is 5.91. The Labute approximate surface area is 119 Å². The summed E-state index contributed by atoms with van der Waals surface area (Å²) in [4.78, 5) is 0. The van der Waals surface area contributed by atoms with Gasteiger partial charge in [0.05, 0.1) is 0 Å². The van der Waals surface area contributed by atoms with Gasteiger partial charge in [0.1, 0.15) is 0 Å². The summed E-state index contributed by atoms with van der Waals surface area (Å²) in [6.45, 7) is 5.49. The molecule has 1 heteroatoms. The summed E-state index contributed by atoms with van der Waals surface area (Å²) in [6, 6.07) is 0. The molecule has 0 amide bonds. The molecule has 2 N–H and O–H groups in total. The molecule has 1 nitrogen and oxygen atoms in total. The summed E-state index contributed by atoms with van der Waals surface area (Å²) < 4.78 is 0. The molecule has 3 rings (SSSR count). The van der Waals surface area contributed by atoms with E-state index < -0.39 is 0 Å². The van der Waals surface area contributed by atoms with Crippen molar-refractivity contribution in [3.05, 3.63) is 12.2 Å². The molecule has 0 aromatic heterocycles. The van der Waals surface area contributed by atoms with Crippen molar-refractivity contribution in [2.24, 2.45) is 35.3 Å². The first-order valence-corrected chi connectivity index (χ1v) is 8.70. The van der Waals surface area contributed by atoms with E-state index in [0.717, 1.165) is 36.1 Å². The van der Waals surface area contributed by atoms with Gasteiger partial charge in [0.15, 0.2) is 0 Å². The highest BCUT2D eigenvalue weighted by Gasteiger charge is 2.42. The van der Waals surface area contributed by atoms with Crippen LogP contribution in [-0.4, -0.2) is 6.54 Å². The van der Waals surface area contributed by atoms with Crippen LogP contribution in [0.15, 0.2) is 12.2 Å². The Balaban J connectivity index is 1.85. The van der Waals surface area contributed by atoms with E-state index in [-0.39, 0.29) is 0 Å². The third kappa shape index (κ3) is 2.63. The highest BCUT2D eigenvalue weighted by atomic mass is 14.5. The Hall–Kier alpha value is -0.300. The van der Waals surface area contributed by atoms with Crippen LogP contribution in [0.4, 0.5) is 0 Å². The van der Waals surface area contributed by atoms with Crippen LogP contribution in [0.25, 0.3) is 0 Å². The van der Waals surface area contributed by atoms with Crippen molar-refractivity contribution < 1.29 is 0 Å². The average Bonchev–Trinajstić information content (AvgIpc) is 2.57. The minimum absolute atomic E-state index is 0.846. The Bertz CT molecular complexity index is 322. The fourth-order valence-corrected chi connectivity index (χ4v) is 5.55. The van der Waals surface area contributed by atoms with Gasteiger partial charge in [0.25, 0.3) is 0 Å². The van der Waals surface area contributed by atoms with Crippen LogP contribution in [0.1, 0.15) is 64.2 Å². The maximum Gasteiger partial charge on any atom is -0.00745 e. The van der Waals surface area contributed by atoms with E-state index in [1.165, 1.54) is 64.2 Å². The molecule has 0 saturated heterocycles. The predicted molar refractivity (Wildman–Crippen MR) is 81.8 cm³/mol. The third-order valence-electron chi connectivity index (χ3n) is 6.43. The Morgan fingerprint density at radius 3 is 2.42 bits per heavy atom. The van der Waals surface area contributed by atoms with Crippen molar-refractivity contribution in [2.75, 3.05) is 6.54 Å². The van der Waals surface area contributed by atoms with Gasteiger partial charge >= 0.3 is 0 Å². The standard InChI is InChI=1S/C18H31N/c1-13-16-7-3-2-6-14(16)12-15(10-11-19)18-9-5-4-8-17(13)18/h14-18H,1-12,19H2. The zero-order chi connectivity index (χ0) is 13.2. The number of allylic oxidation sites excluding steroid dienone is 1. The summed E-state index contributed by atoms with van der Waals surface area (Å²) in [5.74, 6) is 4.49. The molecule has 3 aliphatic carbocycles. The quantitative estimate of drug-likeness (QED) is 0.726. The van der Waals surface area contributed by atoms with Crippen LogP contribution in [0.2, 0.25) is 0 Å². The third-order valence-corrected chi connectivity index (χ3v) is 6.43. The van der Waals surface area contributed by atoms with Crippen LogP contribution in [0.5, 0.6) is 0 Å². The molecule has 0 aromatic rings. The first-order chi connectivity index (χ1) is 9.31. The molecule has 0 heterocycles. The van der Waals surface area contributed by atoms with Crippen molar-refractivity contribution in [3.8, 4) is 0 Å². The van der Waals surface area contributed by atoms with Gasteiger partial charge in [-0.2, -0.15) is 0 Å². The monoisotopic (exact) mass is 261 g/mol. The molecule has 0 bridgehead atoms. The second-order valence-corrected chi connectivity index (χ2v) is 7.35. The SMILES string of the molecule is C=C1C2CCCCC2CC(CCN)C2CCCCC12. The van der Waals surface area contributed by atoms with Gasteiger partial charge in [-0.05, 0) is 74.7 Å². The normalized spacial score (nSPS) is 43.2. The van der Waals surface area contributed by atoms with Gasteiger partial charge in [0.2, 0.25) is 0 Å². The molecule has 0 aromatic carbocycles. The lowest BCUT2D eigenvalue weighted by molar-refractivity contribution is 0.169. The minimum Gasteiger partial charge on any atom is -0.330 e. The van der Waals surface area contributed by atoms with Crippen LogP contribution in [-0.2, 0) is 0 Å². The predicted octanol–water partition coefficient (Wildman–Crippen LogP) is 4.52. The lowest BCUT2D eigenvalue weighted by atomic mass is 9.68. The van der Waals surface area contributed by atoms with Gasteiger partial charge in [-0.3, -0.25) is 0 Å². The van der Waals surface area contributed by atoms with E-state index in [9.17, 15) is 0 Å². The van der Waals surface area contributed by atoms with Gasteiger partial charge in [-0.15, -0.1) is 0 Å². The topological polar surface area (TPSA) is 26.0 Å². The molecule has 3 saturated carbocycles. The van der Waals surface area contributed by atoms with Crippen LogP contribution >= 0.6 is 0 Å². The number of fused-ring (bicyclic) bond motifs is 2. The number of rotatable bonds is 2. The van der Waals surface area contributed by atoms with Gasteiger partial charge in [0, 0.05) is 0 Å². The first-order valence-electron chi connectivity index (χ1n) is 8.70. The molecule has 0 aliphatic heterocycles. The number of hydrogen-bond donors (Lipinski definition) is 1. The van der Waals surface area contributed by atoms with Gasteiger partial charge in [-0.1, -0.05) is 37.8 Å². The number of hydrogen-bond acceptors (Lipinski definition) is 1. The van der Waals surface area contributed by atoms with E-state index in [2.05, 4.69) is 6.58 Å². The summed E-state index contributed by atoms with van der Waals surface area (Å²) in [7, 11) is 0. The first kappa shape index (κ1) is 13.7. The van der Waals surface area contributed by atoms with Crippen molar-refractivity contribution in [1.29, 1.82) is 0 Å². The van der Waals surface area contributed by atoms with Crippen molar-refractivity contribution >= 4 is 0 Å². The van der Waals surface area contributed by atoms with Gasteiger partial charge in [-0.25, -0.2) is 0 Å². The fourth-order valence-electron chi connectivity index (χ4n) is 5.55. The highest BCUT2D eigenvalue weighted by Crippen LogP contribution is 2.52. The largest absolute Gasteiger partial charge is 0.330 e. The maximum atomic E-state index is 5.91. The molecular formula is C18H31N. The van der Waals surface area contributed by atoms with Crippen molar-refractivity contribution in [1.82, 2.24) is 0 Å². The molecule has 3 aliphatic rings. The smallest absolute Gasteiger partial charge is 0.00745 e. The lowest BCUT2D eigenvalue weighted by Crippen LogP contribution is -2.28. The highest BCUT2D eigenvalue weighted by molar-refractivity contribution is 5.14. The Kier molecular flexibility index (Phi) is 4.31. The lowest BCUT2D eigenvalue weighted by Gasteiger charge is -2.37. The molecule has 0 radical (unpaired) electrons. The summed E-state index contributed by atoms with van der Waals surface area (Å²) in [5, 5.41) is 0. The molecule has 3 fully saturated rings. The van der Waals surface area contributed by atoms with E-state index in [1.807, 2.05) is 0 Å². The van der Waals surface area contributed by atoms with E-state index >= 15 is 0 Å². The summed E-state index contributed by atoms with van der Waals surface area (Å²) in [6.07, 6.45) is 14.3. The van der Waals surface area contributed by atoms with E-state index in [1.54, 1.807) is 5.57 Å². The molecule has 108 valence electrons. The molecule has 0 spiro atoms. The van der Waals surface area contributed by atoms with Crippen LogP contribution < -0.4 is 5.73 Å². The zero-order valence-corrected chi connectivity index (χ0v) is 12.4. The van der Waals surface area contributed by atoms with Crippen molar-refractivity contribution in [3.63, 3.8) is 0 Å². The van der Waals surface area contributed by atoms with Crippen LogP contribution in [0.3, 0.4) is 0 Å². The second-order valence-electron chi connectivity index (χ2n) is 7.35. The molecule has 5 unspecified atom stereocenters. The fraction of sp³-hybridized carbons (Fsp3) is 0.889. The van der Waals surface area contributed by atoms with E-state index in [4.69, 9.17) is 5.73 Å². The van der Waals surface area contributed by atoms with Crippen LogP contribution in [0, 0.1) is 29.6 Å². The second kappa shape index (κ2) is 5.99. The van der Waals surface area contributed by atoms with Gasteiger partial charge < -0.3 is 5.73 Å². The average molecular weight is 261 g/mol. The Morgan fingerprint density at radius 2 is 1.63 bits per heavy atom. The zero-order valence-electron chi connectivity index (χ0n) is 12.4. The molecule has 5 atom stereocenters. The Morgan fingerprint density at radius 1 is 0.947 bits per heavy atom.